The summed E-state index contributed by atoms with van der Waals surface area (Å²) < 4.78 is 11.0. The van der Waals surface area contributed by atoms with Crippen LogP contribution in [0.4, 0.5) is 0 Å². The summed E-state index contributed by atoms with van der Waals surface area (Å²) in [6.07, 6.45) is 5.38. The average Bonchev–Trinajstić information content (AvgIpc) is 2.52. The molecule has 1 amide bonds. The van der Waals surface area contributed by atoms with Gasteiger partial charge in [0.15, 0.2) is 11.5 Å². The van der Waals surface area contributed by atoms with E-state index in [2.05, 4.69) is 0 Å². The van der Waals surface area contributed by atoms with Crippen molar-refractivity contribution in [2.24, 2.45) is 5.73 Å². The Morgan fingerprint density at radius 3 is 2.82 bits per heavy atom. The van der Waals surface area contributed by atoms with Gasteiger partial charge in [-0.2, -0.15) is 0 Å². The number of likely N-dealkylation sites (tertiary alicyclic amines) is 1. The van der Waals surface area contributed by atoms with Crippen LogP contribution in [0.1, 0.15) is 18.4 Å². The van der Waals surface area contributed by atoms with Gasteiger partial charge < -0.3 is 20.1 Å². The number of carbonyl (C=O) groups is 1. The summed E-state index contributed by atoms with van der Waals surface area (Å²) in [7, 11) is 0. The molecule has 2 heterocycles. The lowest BCUT2D eigenvalue weighted by molar-refractivity contribution is -0.127. The van der Waals surface area contributed by atoms with Crippen molar-refractivity contribution in [2.75, 3.05) is 26.3 Å². The van der Waals surface area contributed by atoms with Gasteiger partial charge in [0.2, 0.25) is 5.91 Å². The molecule has 1 aromatic carbocycles. The van der Waals surface area contributed by atoms with E-state index in [4.69, 9.17) is 15.2 Å². The summed E-state index contributed by atoms with van der Waals surface area (Å²) >= 11 is 0. The van der Waals surface area contributed by atoms with Crippen molar-refractivity contribution in [3.63, 3.8) is 0 Å². The van der Waals surface area contributed by atoms with Gasteiger partial charge in [-0.25, -0.2) is 0 Å². The first kappa shape index (κ1) is 16.6. The highest BCUT2D eigenvalue weighted by atomic mass is 35.5. The maximum atomic E-state index is 12.1. The third-order valence-electron chi connectivity index (χ3n) is 3.75. The predicted molar refractivity (Wildman–Crippen MR) is 87.5 cm³/mol. The van der Waals surface area contributed by atoms with Crippen molar-refractivity contribution in [2.45, 2.75) is 18.9 Å². The van der Waals surface area contributed by atoms with Crippen molar-refractivity contribution < 1.29 is 14.3 Å². The summed E-state index contributed by atoms with van der Waals surface area (Å²) in [5.74, 6) is 1.50. The van der Waals surface area contributed by atoms with Gasteiger partial charge in [-0.05, 0) is 36.6 Å². The van der Waals surface area contributed by atoms with Gasteiger partial charge in [0.05, 0.1) is 0 Å². The Morgan fingerprint density at radius 1 is 1.27 bits per heavy atom. The normalized spacial score (nSPS) is 20.6. The van der Waals surface area contributed by atoms with E-state index in [-0.39, 0.29) is 24.4 Å². The lowest BCUT2D eigenvalue weighted by Gasteiger charge is -2.29. The maximum Gasteiger partial charge on any atom is 0.246 e. The van der Waals surface area contributed by atoms with Gasteiger partial charge in [-0.1, -0.05) is 6.07 Å². The zero-order chi connectivity index (χ0) is 14.7. The van der Waals surface area contributed by atoms with Crippen LogP contribution in [-0.2, 0) is 4.79 Å². The molecule has 6 heteroatoms. The number of piperidine rings is 1. The van der Waals surface area contributed by atoms with E-state index in [0.29, 0.717) is 19.8 Å². The van der Waals surface area contributed by atoms with Crippen molar-refractivity contribution in [1.82, 2.24) is 4.90 Å². The maximum absolute atomic E-state index is 12.1. The summed E-state index contributed by atoms with van der Waals surface area (Å²) in [6, 6.07) is 5.78. The highest BCUT2D eigenvalue weighted by Crippen LogP contribution is 2.31. The Bertz CT molecular complexity index is 562. The molecule has 3 rings (SSSR count). The van der Waals surface area contributed by atoms with Crippen LogP contribution >= 0.6 is 12.4 Å². The molecule has 0 saturated carbocycles. The van der Waals surface area contributed by atoms with Gasteiger partial charge in [0.25, 0.3) is 0 Å². The second kappa shape index (κ2) is 7.51. The Kier molecular flexibility index (Phi) is 5.69. The molecule has 0 spiro atoms. The van der Waals surface area contributed by atoms with Crippen molar-refractivity contribution in [1.29, 1.82) is 0 Å². The SMILES string of the molecule is Cl.NC1CCCN(C(=O)/C=C/c2ccc3c(c2)OCCO3)C1. The van der Waals surface area contributed by atoms with E-state index in [9.17, 15) is 4.79 Å². The summed E-state index contributed by atoms with van der Waals surface area (Å²) in [6.45, 7) is 2.57. The molecule has 1 fully saturated rings. The van der Waals surface area contributed by atoms with Crippen LogP contribution in [-0.4, -0.2) is 43.2 Å². The molecule has 0 radical (unpaired) electrons. The molecule has 0 aliphatic carbocycles. The zero-order valence-electron chi connectivity index (χ0n) is 12.4. The Labute approximate surface area is 136 Å². The highest BCUT2D eigenvalue weighted by molar-refractivity contribution is 5.92. The lowest BCUT2D eigenvalue weighted by atomic mass is 10.1. The number of carbonyl (C=O) groups excluding carboxylic acids is 1. The topological polar surface area (TPSA) is 64.8 Å². The van der Waals surface area contributed by atoms with Crippen LogP contribution in [0.5, 0.6) is 11.5 Å². The number of hydrogen-bond acceptors (Lipinski definition) is 4. The summed E-state index contributed by atoms with van der Waals surface area (Å²) in [5.41, 5.74) is 6.82. The quantitative estimate of drug-likeness (QED) is 0.843. The Balaban J connectivity index is 0.00000176. The molecule has 1 saturated heterocycles. The van der Waals surface area contributed by atoms with Gasteiger partial charge in [0.1, 0.15) is 13.2 Å². The van der Waals surface area contributed by atoms with E-state index < -0.39 is 0 Å². The van der Waals surface area contributed by atoms with E-state index in [1.807, 2.05) is 23.1 Å². The second-order valence-corrected chi connectivity index (χ2v) is 5.42. The molecule has 1 aromatic rings. The predicted octanol–water partition coefficient (Wildman–Crippen LogP) is 1.84. The van der Waals surface area contributed by atoms with Gasteiger partial charge in [-0.15, -0.1) is 12.4 Å². The summed E-state index contributed by atoms with van der Waals surface area (Å²) in [4.78, 5) is 13.9. The second-order valence-electron chi connectivity index (χ2n) is 5.42. The molecule has 2 aliphatic rings. The van der Waals surface area contributed by atoms with Gasteiger partial charge in [0, 0.05) is 25.2 Å². The van der Waals surface area contributed by atoms with Crippen LogP contribution in [0.3, 0.4) is 0 Å². The van der Waals surface area contributed by atoms with Gasteiger partial charge >= 0.3 is 0 Å². The lowest BCUT2D eigenvalue weighted by Crippen LogP contribution is -2.45. The third kappa shape index (κ3) is 3.93. The van der Waals surface area contributed by atoms with Crippen molar-refractivity contribution in [3.05, 3.63) is 29.8 Å². The van der Waals surface area contributed by atoms with E-state index in [1.165, 1.54) is 0 Å². The number of rotatable bonds is 2. The Morgan fingerprint density at radius 2 is 2.05 bits per heavy atom. The number of halogens is 1. The van der Waals surface area contributed by atoms with Crippen molar-refractivity contribution >= 4 is 24.4 Å². The minimum absolute atomic E-state index is 0. The monoisotopic (exact) mass is 324 g/mol. The van der Waals surface area contributed by atoms with Gasteiger partial charge in [-0.3, -0.25) is 4.79 Å². The minimum Gasteiger partial charge on any atom is -0.486 e. The Hall–Kier alpha value is -1.72. The average molecular weight is 325 g/mol. The van der Waals surface area contributed by atoms with Crippen LogP contribution in [0.2, 0.25) is 0 Å². The molecular weight excluding hydrogens is 304 g/mol. The smallest absolute Gasteiger partial charge is 0.246 e. The molecule has 2 N–H and O–H groups in total. The fourth-order valence-electron chi connectivity index (χ4n) is 2.65. The first-order valence-corrected chi connectivity index (χ1v) is 7.34. The standard InChI is InChI=1S/C16H20N2O3.ClH/c17-13-2-1-7-18(11-13)16(19)6-4-12-3-5-14-15(10-12)21-9-8-20-14;/h3-6,10,13H,1-2,7-9,11,17H2;1H/b6-4+;. The summed E-state index contributed by atoms with van der Waals surface area (Å²) in [5, 5.41) is 0. The number of hydrogen-bond donors (Lipinski definition) is 1. The molecule has 1 atom stereocenters. The number of ether oxygens (including phenoxy) is 2. The molecule has 1 unspecified atom stereocenters. The van der Waals surface area contributed by atoms with E-state index in [1.54, 1.807) is 12.2 Å². The number of amides is 1. The number of nitrogens with two attached hydrogens (primary N) is 1. The first-order chi connectivity index (χ1) is 10.2. The third-order valence-corrected chi connectivity index (χ3v) is 3.75. The molecule has 120 valence electrons. The number of fused-ring (bicyclic) bond motifs is 1. The van der Waals surface area contributed by atoms with E-state index >= 15 is 0 Å². The zero-order valence-corrected chi connectivity index (χ0v) is 13.2. The first-order valence-electron chi connectivity index (χ1n) is 7.34. The molecule has 2 aliphatic heterocycles. The van der Waals surface area contributed by atoms with Crippen LogP contribution in [0.15, 0.2) is 24.3 Å². The molecule has 0 bridgehead atoms. The highest BCUT2D eigenvalue weighted by Gasteiger charge is 2.19. The number of benzene rings is 1. The van der Waals surface area contributed by atoms with E-state index in [0.717, 1.165) is 36.4 Å². The van der Waals surface area contributed by atoms with Crippen molar-refractivity contribution in [3.8, 4) is 11.5 Å². The molecule has 5 nitrogen and oxygen atoms in total. The minimum atomic E-state index is 0. The number of nitrogens with zero attached hydrogens (tertiary/aromatic N) is 1. The molecule has 0 aromatic heterocycles. The van der Waals surface area contributed by atoms with Crippen LogP contribution in [0.25, 0.3) is 6.08 Å². The fraction of sp³-hybridized carbons (Fsp3) is 0.438. The largest absolute Gasteiger partial charge is 0.486 e. The van der Waals surface area contributed by atoms with Crippen LogP contribution < -0.4 is 15.2 Å². The molecule has 22 heavy (non-hydrogen) atoms. The van der Waals surface area contributed by atoms with Crippen LogP contribution in [0, 0.1) is 0 Å². The fourth-order valence-corrected chi connectivity index (χ4v) is 2.65. The molecular formula is C16H21ClN2O3.